The van der Waals surface area contributed by atoms with Crippen LogP contribution < -0.4 is 10.4 Å². The van der Waals surface area contributed by atoms with Crippen LogP contribution in [0.25, 0.3) is 11.6 Å². The van der Waals surface area contributed by atoms with E-state index in [0.29, 0.717) is 0 Å². The molecule has 1 aliphatic rings. The number of allylic oxidation sites excluding steroid dienone is 5. The van der Waals surface area contributed by atoms with Crippen LogP contribution in [0.2, 0.25) is 0 Å². The Morgan fingerprint density at radius 1 is 1.13 bits per heavy atom. The first-order chi connectivity index (χ1) is 7.42. The molecule has 0 aliphatic heterocycles. The molecular formula is C15H14. The summed E-state index contributed by atoms with van der Waals surface area (Å²) in [5.41, 5.74) is 1.37. The fourth-order valence-corrected chi connectivity index (χ4v) is 1.77. The van der Waals surface area contributed by atoms with Gasteiger partial charge in [0.2, 0.25) is 0 Å². The normalized spacial score (nSPS) is 19.3. The quantitative estimate of drug-likeness (QED) is 0.643. The third-order valence-corrected chi connectivity index (χ3v) is 2.49. The lowest BCUT2D eigenvalue weighted by molar-refractivity contribution is 1.35. The van der Waals surface area contributed by atoms with Crippen molar-refractivity contribution in [2.45, 2.75) is 6.42 Å². The van der Waals surface area contributed by atoms with Crippen LogP contribution in [0.4, 0.5) is 0 Å². The van der Waals surface area contributed by atoms with E-state index in [-0.39, 0.29) is 0 Å². The average molecular weight is 194 g/mol. The van der Waals surface area contributed by atoms with Gasteiger partial charge in [-0.25, -0.2) is 0 Å². The molecule has 0 fully saturated rings. The Bertz CT molecular complexity index is 527. The van der Waals surface area contributed by atoms with Gasteiger partial charge >= 0.3 is 0 Å². The van der Waals surface area contributed by atoms with Crippen molar-refractivity contribution in [2.75, 3.05) is 0 Å². The standard InChI is InChI=1S/C15H14/c1-2-8-13-11-6-7-12-15(13)14-9-4-3-5-10-14/h2-9,11-12H,1,10H2/b13-8-,15-14-. The molecule has 0 heterocycles. The minimum atomic E-state index is 1.01. The first-order valence-corrected chi connectivity index (χ1v) is 5.16. The van der Waals surface area contributed by atoms with Crippen LogP contribution in [0.5, 0.6) is 0 Å². The third kappa shape index (κ3) is 2.16. The zero-order chi connectivity index (χ0) is 10.5. The van der Waals surface area contributed by atoms with Crippen LogP contribution in [0.3, 0.4) is 0 Å². The summed E-state index contributed by atoms with van der Waals surface area (Å²) in [7, 11) is 0. The van der Waals surface area contributed by atoms with Gasteiger partial charge in [-0.15, -0.1) is 0 Å². The highest BCUT2D eigenvalue weighted by atomic mass is 14.0. The Labute approximate surface area is 90.3 Å². The second kappa shape index (κ2) is 4.61. The molecule has 1 aliphatic carbocycles. The lowest BCUT2D eigenvalue weighted by Crippen LogP contribution is -2.25. The zero-order valence-electron chi connectivity index (χ0n) is 8.69. The Morgan fingerprint density at radius 3 is 2.73 bits per heavy atom. The molecule has 1 aromatic carbocycles. The lowest BCUT2D eigenvalue weighted by atomic mass is 10.0. The van der Waals surface area contributed by atoms with Gasteiger partial charge in [0, 0.05) is 0 Å². The van der Waals surface area contributed by atoms with Crippen LogP contribution in [0.1, 0.15) is 6.42 Å². The van der Waals surface area contributed by atoms with Crippen molar-refractivity contribution in [3.8, 4) is 0 Å². The van der Waals surface area contributed by atoms with Crippen LogP contribution in [-0.2, 0) is 0 Å². The lowest BCUT2D eigenvalue weighted by Gasteiger charge is -2.02. The number of hydrogen-bond donors (Lipinski definition) is 0. The molecule has 0 N–H and O–H groups in total. The van der Waals surface area contributed by atoms with Crippen LogP contribution in [0.15, 0.2) is 61.2 Å². The van der Waals surface area contributed by atoms with Gasteiger partial charge in [-0.2, -0.15) is 0 Å². The molecular weight excluding hydrogens is 180 g/mol. The summed E-state index contributed by atoms with van der Waals surface area (Å²) in [6, 6.07) is 8.42. The van der Waals surface area contributed by atoms with Crippen molar-refractivity contribution in [2.24, 2.45) is 0 Å². The van der Waals surface area contributed by atoms with Crippen LogP contribution >= 0.6 is 0 Å². The number of hydrogen-bond acceptors (Lipinski definition) is 0. The van der Waals surface area contributed by atoms with E-state index in [1.807, 2.05) is 6.08 Å². The zero-order valence-corrected chi connectivity index (χ0v) is 8.69. The van der Waals surface area contributed by atoms with Crippen molar-refractivity contribution >= 4 is 11.6 Å². The monoisotopic (exact) mass is 194 g/mol. The maximum Gasteiger partial charge on any atom is -0.00882 e. The van der Waals surface area contributed by atoms with Gasteiger partial charge < -0.3 is 0 Å². The highest BCUT2D eigenvalue weighted by Crippen LogP contribution is 2.08. The third-order valence-electron chi connectivity index (χ3n) is 2.49. The molecule has 0 aromatic heterocycles. The second-order valence-corrected chi connectivity index (χ2v) is 3.51. The van der Waals surface area contributed by atoms with Gasteiger partial charge in [-0.05, 0) is 22.4 Å². The summed E-state index contributed by atoms with van der Waals surface area (Å²) in [6.07, 6.45) is 13.4. The molecule has 0 nitrogen and oxygen atoms in total. The van der Waals surface area contributed by atoms with Gasteiger partial charge in [0.15, 0.2) is 0 Å². The molecule has 0 spiro atoms. The molecule has 0 saturated heterocycles. The molecule has 0 atom stereocenters. The summed E-state index contributed by atoms with van der Waals surface area (Å²) in [4.78, 5) is 0. The molecule has 0 bridgehead atoms. The van der Waals surface area contributed by atoms with Gasteiger partial charge in [0.05, 0.1) is 0 Å². The van der Waals surface area contributed by atoms with E-state index in [4.69, 9.17) is 0 Å². The first-order valence-electron chi connectivity index (χ1n) is 5.16. The maximum absolute atomic E-state index is 3.75. The minimum Gasteiger partial charge on any atom is -0.0990 e. The number of benzene rings is 1. The fourth-order valence-electron chi connectivity index (χ4n) is 1.77. The number of rotatable bonds is 1. The molecule has 0 heteroatoms. The van der Waals surface area contributed by atoms with Crippen molar-refractivity contribution in [3.05, 3.63) is 71.7 Å². The minimum absolute atomic E-state index is 1.01. The Morgan fingerprint density at radius 2 is 2.00 bits per heavy atom. The van der Waals surface area contributed by atoms with E-state index < -0.39 is 0 Å². The highest BCUT2D eigenvalue weighted by Gasteiger charge is 1.95. The molecule has 0 unspecified atom stereocenters. The topological polar surface area (TPSA) is 0 Å². The van der Waals surface area contributed by atoms with Crippen molar-refractivity contribution in [1.82, 2.24) is 0 Å². The van der Waals surface area contributed by atoms with Gasteiger partial charge in [0.1, 0.15) is 0 Å². The smallest absolute Gasteiger partial charge is 0.00882 e. The summed E-state index contributed by atoms with van der Waals surface area (Å²) in [5, 5.41) is 2.54. The largest absolute Gasteiger partial charge is 0.0990 e. The van der Waals surface area contributed by atoms with Crippen molar-refractivity contribution in [3.63, 3.8) is 0 Å². The van der Waals surface area contributed by atoms with Gasteiger partial charge in [0.25, 0.3) is 0 Å². The van der Waals surface area contributed by atoms with Crippen molar-refractivity contribution < 1.29 is 0 Å². The average Bonchev–Trinajstić information content (AvgIpc) is 2.31. The van der Waals surface area contributed by atoms with E-state index in [1.165, 1.54) is 16.0 Å². The second-order valence-electron chi connectivity index (χ2n) is 3.51. The summed E-state index contributed by atoms with van der Waals surface area (Å²) >= 11 is 0. The fraction of sp³-hybridized carbons (Fsp3) is 0.0667. The summed E-state index contributed by atoms with van der Waals surface area (Å²) < 4.78 is 0. The molecule has 15 heavy (non-hydrogen) atoms. The predicted molar refractivity (Wildman–Crippen MR) is 66.7 cm³/mol. The van der Waals surface area contributed by atoms with E-state index >= 15 is 0 Å². The van der Waals surface area contributed by atoms with Crippen LogP contribution in [0, 0.1) is 0 Å². The molecule has 74 valence electrons. The van der Waals surface area contributed by atoms with Crippen molar-refractivity contribution in [1.29, 1.82) is 0 Å². The Balaban J connectivity index is 2.71. The Kier molecular flexibility index (Phi) is 2.99. The summed E-state index contributed by atoms with van der Waals surface area (Å²) in [5.74, 6) is 0. The molecule has 2 rings (SSSR count). The van der Waals surface area contributed by atoms with Crippen LogP contribution in [-0.4, -0.2) is 0 Å². The SMILES string of the molecule is C=C/C=c1/cccc/c1=C1\C=CC=CC1. The molecule has 0 amide bonds. The first kappa shape index (κ1) is 9.72. The summed E-state index contributed by atoms with van der Waals surface area (Å²) in [6.45, 7) is 3.75. The molecule has 0 radical (unpaired) electrons. The van der Waals surface area contributed by atoms with E-state index in [9.17, 15) is 0 Å². The van der Waals surface area contributed by atoms with E-state index in [2.05, 4.69) is 61.2 Å². The maximum atomic E-state index is 3.75. The molecule has 1 aromatic rings. The predicted octanol–water partition coefficient (Wildman–Crippen LogP) is 2.32. The Hall–Kier alpha value is -1.82. The van der Waals surface area contributed by atoms with E-state index in [1.54, 1.807) is 0 Å². The van der Waals surface area contributed by atoms with E-state index in [0.717, 1.165) is 6.42 Å². The highest BCUT2D eigenvalue weighted by molar-refractivity contribution is 5.61. The molecule has 0 saturated carbocycles. The van der Waals surface area contributed by atoms with Gasteiger partial charge in [-0.1, -0.05) is 67.3 Å². The van der Waals surface area contributed by atoms with Gasteiger partial charge in [-0.3, -0.25) is 0 Å².